The molecule has 128 valence electrons. The van der Waals surface area contributed by atoms with Crippen LogP contribution in [-0.4, -0.2) is 25.0 Å². The Morgan fingerprint density at radius 2 is 1.96 bits per heavy atom. The van der Waals surface area contributed by atoms with Gasteiger partial charge in [0.15, 0.2) is 0 Å². The van der Waals surface area contributed by atoms with Crippen LogP contribution in [0.2, 0.25) is 0 Å². The molecular weight excluding hydrogens is 360 g/mol. The third-order valence-corrected chi connectivity index (χ3v) is 3.84. The van der Waals surface area contributed by atoms with Crippen molar-refractivity contribution in [3.8, 4) is 0 Å². The SMILES string of the molecule is CCOC(=O)CC(NC(=O)CN)c1cc(Br)cc(C(C)(C)C)c1. The van der Waals surface area contributed by atoms with Gasteiger partial charge in [0.05, 0.1) is 25.6 Å². The maximum Gasteiger partial charge on any atom is 0.308 e. The smallest absolute Gasteiger partial charge is 0.308 e. The fourth-order valence-electron chi connectivity index (χ4n) is 2.14. The molecule has 0 heterocycles. The molecule has 0 fully saturated rings. The van der Waals surface area contributed by atoms with E-state index in [9.17, 15) is 9.59 Å². The van der Waals surface area contributed by atoms with Crippen molar-refractivity contribution < 1.29 is 14.3 Å². The zero-order chi connectivity index (χ0) is 17.6. The zero-order valence-electron chi connectivity index (χ0n) is 14.1. The van der Waals surface area contributed by atoms with Crippen LogP contribution in [0.3, 0.4) is 0 Å². The van der Waals surface area contributed by atoms with Crippen molar-refractivity contribution in [1.82, 2.24) is 5.32 Å². The highest BCUT2D eigenvalue weighted by Gasteiger charge is 2.22. The van der Waals surface area contributed by atoms with Crippen LogP contribution in [0, 0.1) is 0 Å². The molecule has 1 atom stereocenters. The summed E-state index contributed by atoms with van der Waals surface area (Å²) in [7, 11) is 0. The average Bonchev–Trinajstić information content (AvgIpc) is 2.45. The van der Waals surface area contributed by atoms with E-state index in [1.165, 1.54) is 0 Å². The monoisotopic (exact) mass is 384 g/mol. The summed E-state index contributed by atoms with van der Waals surface area (Å²) in [5.74, 6) is -0.663. The molecule has 1 aromatic carbocycles. The van der Waals surface area contributed by atoms with Gasteiger partial charge in [0.2, 0.25) is 5.91 Å². The van der Waals surface area contributed by atoms with E-state index in [0.29, 0.717) is 6.61 Å². The first-order valence-electron chi connectivity index (χ1n) is 7.63. The van der Waals surface area contributed by atoms with Crippen molar-refractivity contribution in [2.45, 2.75) is 45.6 Å². The van der Waals surface area contributed by atoms with Crippen LogP contribution in [-0.2, 0) is 19.7 Å². The van der Waals surface area contributed by atoms with Gasteiger partial charge in [0, 0.05) is 4.47 Å². The fourth-order valence-corrected chi connectivity index (χ4v) is 2.65. The second-order valence-electron chi connectivity index (χ2n) is 6.36. The van der Waals surface area contributed by atoms with Crippen LogP contribution >= 0.6 is 15.9 Å². The van der Waals surface area contributed by atoms with E-state index in [1.807, 2.05) is 18.2 Å². The Hall–Kier alpha value is -1.40. The number of esters is 1. The largest absolute Gasteiger partial charge is 0.466 e. The molecule has 0 bridgehead atoms. The van der Waals surface area contributed by atoms with Crippen molar-refractivity contribution in [3.05, 3.63) is 33.8 Å². The number of hydrogen-bond donors (Lipinski definition) is 2. The molecule has 1 aromatic rings. The second-order valence-corrected chi connectivity index (χ2v) is 7.27. The third kappa shape index (κ3) is 6.31. The van der Waals surface area contributed by atoms with E-state index in [4.69, 9.17) is 10.5 Å². The minimum Gasteiger partial charge on any atom is -0.466 e. The highest BCUT2D eigenvalue weighted by Crippen LogP contribution is 2.30. The predicted molar refractivity (Wildman–Crippen MR) is 94.0 cm³/mol. The Kier molecular flexibility index (Phi) is 7.22. The van der Waals surface area contributed by atoms with Gasteiger partial charge in [-0.2, -0.15) is 0 Å². The van der Waals surface area contributed by atoms with E-state index in [2.05, 4.69) is 42.0 Å². The van der Waals surface area contributed by atoms with Gasteiger partial charge in [-0.05, 0) is 35.6 Å². The molecule has 0 aromatic heterocycles. The number of carbonyl (C=O) groups is 2. The van der Waals surface area contributed by atoms with Gasteiger partial charge in [-0.15, -0.1) is 0 Å². The highest BCUT2D eigenvalue weighted by molar-refractivity contribution is 9.10. The summed E-state index contributed by atoms with van der Waals surface area (Å²) in [4.78, 5) is 23.5. The summed E-state index contributed by atoms with van der Waals surface area (Å²) in [5, 5.41) is 2.79. The summed E-state index contributed by atoms with van der Waals surface area (Å²) in [5.41, 5.74) is 7.28. The topological polar surface area (TPSA) is 81.4 Å². The summed E-state index contributed by atoms with van der Waals surface area (Å²) < 4.78 is 5.90. The van der Waals surface area contributed by atoms with Crippen LogP contribution in [0.25, 0.3) is 0 Å². The van der Waals surface area contributed by atoms with Crippen LogP contribution < -0.4 is 11.1 Å². The van der Waals surface area contributed by atoms with Gasteiger partial charge in [-0.1, -0.05) is 42.8 Å². The minimum atomic E-state index is -0.469. The molecule has 0 saturated carbocycles. The number of hydrogen-bond acceptors (Lipinski definition) is 4. The molecule has 5 nitrogen and oxygen atoms in total. The molecule has 1 unspecified atom stereocenters. The number of carbonyl (C=O) groups excluding carboxylic acids is 2. The van der Waals surface area contributed by atoms with E-state index in [-0.39, 0.29) is 30.3 Å². The molecule has 23 heavy (non-hydrogen) atoms. The fraction of sp³-hybridized carbons (Fsp3) is 0.529. The molecule has 1 rings (SSSR count). The normalized spacial score (nSPS) is 12.6. The van der Waals surface area contributed by atoms with Crippen molar-refractivity contribution >= 4 is 27.8 Å². The molecule has 0 aliphatic heterocycles. The van der Waals surface area contributed by atoms with Gasteiger partial charge in [0.1, 0.15) is 0 Å². The number of ether oxygens (including phenoxy) is 1. The minimum absolute atomic E-state index is 0.0507. The Bertz CT molecular complexity index is 567. The number of benzene rings is 1. The Balaban J connectivity index is 3.16. The predicted octanol–water partition coefficient (Wildman–Crippen LogP) is 2.82. The molecule has 0 spiro atoms. The summed E-state index contributed by atoms with van der Waals surface area (Å²) in [6, 6.07) is 5.47. The van der Waals surface area contributed by atoms with Crippen molar-refractivity contribution in [2.75, 3.05) is 13.2 Å². The maximum atomic E-state index is 11.8. The molecule has 0 radical (unpaired) electrons. The van der Waals surface area contributed by atoms with Gasteiger partial charge in [-0.3, -0.25) is 9.59 Å². The molecule has 0 aliphatic carbocycles. The van der Waals surface area contributed by atoms with E-state index < -0.39 is 6.04 Å². The van der Waals surface area contributed by atoms with Crippen LogP contribution in [0.4, 0.5) is 0 Å². The number of amides is 1. The maximum absolute atomic E-state index is 11.8. The summed E-state index contributed by atoms with van der Waals surface area (Å²) >= 11 is 3.50. The van der Waals surface area contributed by atoms with Gasteiger partial charge in [0.25, 0.3) is 0 Å². The van der Waals surface area contributed by atoms with E-state index >= 15 is 0 Å². The molecule has 0 saturated heterocycles. The lowest BCUT2D eigenvalue weighted by atomic mass is 9.85. The standard InChI is InChI=1S/C17H25BrN2O3/c1-5-23-16(22)9-14(20-15(21)10-19)11-6-12(17(2,3)4)8-13(18)7-11/h6-8,14H,5,9-10,19H2,1-4H3,(H,20,21). The van der Waals surface area contributed by atoms with Gasteiger partial charge in [-0.25, -0.2) is 0 Å². The molecule has 3 N–H and O–H groups in total. The lowest BCUT2D eigenvalue weighted by molar-refractivity contribution is -0.143. The first-order valence-corrected chi connectivity index (χ1v) is 8.42. The Morgan fingerprint density at radius 3 is 2.48 bits per heavy atom. The molecule has 1 amide bonds. The number of nitrogens with two attached hydrogens (primary N) is 1. The van der Waals surface area contributed by atoms with E-state index in [1.54, 1.807) is 6.92 Å². The Labute approximate surface area is 146 Å². The molecular formula is C17H25BrN2O3. The summed E-state index contributed by atoms with van der Waals surface area (Å²) in [6.45, 7) is 8.26. The first kappa shape index (κ1) is 19.6. The second kappa shape index (κ2) is 8.45. The third-order valence-electron chi connectivity index (χ3n) is 3.39. The molecule has 6 heteroatoms. The number of rotatable bonds is 6. The van der Waals surface area contributed by atoms with Crippen molar-refractivity contribution in [1.29, 1.82) is 0 Å². The van der Waals surface area contributed by atoms with Crippen LogP contribution in [0.1, 0.15) is 51.3 Å². The lowest BCUT2D eigenvalue weighted by Crippen LogP contribution is -2.35. The zero-order valence-corrected chi connectivity index (χ0v) is 15.7. The lowest BCUT2D eigenvalue weighted by Gasteiger charge is -2.24. The van der Waals surface area contributed by atoms with Crippen molar-refractivity contribution in [3.63, 3.8) is 0 Å². The average molecular weight is 385 g/mol. The number of halogens is 1. The van der Waals surface area contributed by atoms with Gasteiger partial charge >= 0.3 is 5.97 Å². The van der Waals surface area contributed by atoms with Crippen molar-refractivity contribution in [2.24, 2.45) is 5.73 Å². The highest BCUT2D eigenvalue weighted by atomic mass is 79.9. The molecule has 0 aliphatic rings. The first-order chi connectivity index (χ1) is 10.7. The Morgan fingerprint density at radius 1 is 1.30 bits per heavy atom. The van der Waals surface area contributed by atoms with Crippen LogP contribution in [0.15, 0.2) is 22.7 Å². The number of nitrogens with one attached hydrogen (secondary N) is 1. The quantitative estimate of drug-likeness (QED) is 0.738. The van der Waals surface area contributed by atoms with Crippen LogP contribution in [0.5, 0.6) is 0 Å². The summed E-state index contributed by atoms with van der Waals surface area (Å²) in [6.07, 6.45) is 0.0691. The van der Waals surface area contributed by atoms with Gasteiger partial charge < -0.3 is 15.8 Å². The van der Waals surface area contributed by atoms with E-state index in [0.717, 1.165) is 15.6 Å².